The molecule has 8 heteroatoms. The Hall–Kier alpha value is -3.94. The highest BCUT2D eigenvalue weighted by Gasteiger charge is 2.12. The van der Waals surface area contributed by atoms with E-state index in [2.05, 4.69) is 25.6 Å². The van der Waals surface area contributed by atoms with Crippen LogP contribution in [-0.2, 0) is 0 Å². The smallest absolute Gasteiger partial charge is 0.168 e. The third-order valence-corrected chi connectivity index (χ3v) is 4.30. The van der Waals surface area contributed by atoms with Crippen LogP contribution in [0.5, 0.6) is 11.5 Å². The van der Waals surface area contributed by atoms with Gasteiger partial charge in [-0.05, 0) is 42.3 Å². The number of nitrogens with zero attached hydrogens (tertiary/aromatic N) is 5. The largest absolute Gasteiger partial charge is 0.504 e. The minimum absolute atomic E-state index is 0.0775. The number of hydrazone groups is 1. The molecular weight excluding hydrogens is 356 g/mol. The average Bonchev–Trinajstić information content (AvgIpc) is 3.14. The third kappa shape index (κ3) is 3.23. The first kappa shape index (κ1) is 17.5. The van der Waals surface area contributed by atoms with Crippen molar-refractivity contribution in [3.63, 3.8) is 0 Å². The number of aromatic hydroxyl groups is 1. The van der Waals surface area contributed by atoms with Gasteiger partial charge in [0.25, 0.3) is 0 Å². The molecule has 0 amide bonds. The summed E-state index contributed by atoms with van der Waals surface area (Å²) in [6, 6.07) is 12.9. The number of rotatable bonds is 5. The Labute approximate surface area is 161 Å². The number of fused-ring (bicyclic) bond motifs is 1. The Morgan fingerprint density at radius 2 is 2.04 bits per heavy atom. The summed E-state index contributed by atoms with van der Waals surface area (Å²) < 4.78 is 6.88. The first-order valence-corrected chi connectivity index (χ1v) is 8.58. The lowest BCUT2D eigenvalue weighted by Gasteiger charge is -2.06. The zero-order chi connectivity index (χ0) is 19.5. The molecule has 2 aromatic heterocycles. The van der Waals surface area contributed by atoms with Gasteiger partial charge < -0.3 is 9.84 Å². The fourth-order valence-electron chi connectivity index (χ4n) is 2.85. The molecular formula is C20H18N6O2. The lowest BCUT2D eigenvalue weighted by Crippen LogP contribution is -2.01. The van der Waals surface area contributed by atoms with E-state index in [1.165, 1.54) is 13.4 Å². The number of aromatic nitrogens is 4. The number of methoxy groups -OCH3 is 1. The van der Waals surface area contributed by atoms with E-state index < -0.39 is 0 Å². The number of ether oxygens (including phenoxy) is 1. The molecule has 0 spiro atoms. The Morgan fingerprint density at radius 1 is 1.18 bits per heavy atom. The van der Waals surface area contributed by atoms with Crippen LogP contribution in [0.1, 0.15) is 11.1 Å². The Morgan fingerprint density at radius 3 is 2.86 bits per heavy atom. The highest BCUT2D eigenvalue weighted by atomic mass is 16.5. The molecule has 0 aliphatic carbocycles. The standard InChI is InChI=1S/C20H18N6O2/c1-13-5-3-4-6-16(13)26-20-15(11-24-26)19(21-12-22-20)25-23-10-14-7-8-17(27)18(9-14)28-2/h3-12,27H,1-2H3,(H,21,22,25). The van der Waals surface area contributed by atoms with Gasteiger partial charge in [0.2, 0.25) is 0 Å². The van der Waals surface area contributed by atoms with E-state index in [1.807, 2.05) is 31.2 Å². The minimum Gasteiger partial charge on any atom is -0.504 e. The van der Waals surface area contributed by atoms with Crippen molar-refractivity contribution in [1.82, 2.24) is 19.7 Å². The predicted octanol–water partition coefficient (Wildman–Crippen LogP) is 3.28. The van der Waals surface area contributed by atoms with E-state index >= 15 is 0 Å². The molecule has 4 aromatic rings. The number of para-hydroxylation sites is 1. The fraction of sp³-hybridized carbons (Fsp3) is 0.100. The van der Waals surface area contributed by atoms with Crippen LogP contribution in [0.2, 0.25) is 0 Å². The first-order chi connectivity index (χ1) is 13.7. The van der Waals surface area contributed by atoms with E-state index in [1.54, 1.807) is 35.3 Å². The van der Waals surface area contributed by atoms with Crippen molar-refractivity contribution in [2.45, 2.75) is 6.92 Å². The summed E-state index contributed by atoms with van der Waals surface area (Å²) >= 11 is 0. The zero-order valence-corrected chi connectivity index (χ0v) is 15.4. The molecule has 4 rings (SSSR count). The first-order valence-electron chi connectivity index (χ1n) is 8.58. The second-order valence-corrected chi connectivity index (χ2v) is 6.10. The summed E-state index contributed by atoms with van der Waals surface area (Å²) in [5, 5.41) is 19.1. The number of benzene rings is 2. The van der Waals surface area contributed by atoms with E-state index in [-0.39, 0.29) is 5.75 Å². The summed E-state index contributed by atoms with van der Waals surface area (Å²) in [6.45, 7) is 2.03. The van der Waals surface area contributed by atoms with Gasteiger partial charge >= 0.3 is 0 Å². The van der Waals surface area contributed by atoms with Crippen molar-refractivity contribution in [3.8, 4) is 17.2 Å². The second kappa shape index (κ2) is 7.36. The topological polar surface area (TPSA) is 97.5 Å². The molecule has 0 unspecified atom stereocenters. The maximum Gasteiger partial charge on any atom is 0.168 e. The highest BCUT2D eigenvalue weighted by molar-refractivity contribution is 5.88. The molecule has 8 nitrogen and oxygen atoms in total. The molecule has 140 valence electrons. The van der Waals surface area contributed by atoms with Crippen LogP contribution in [0, 0.1) is 6.92 Å². The van der Waals surface area contributed by atoms with Crippen LogP contribution in [0.15, 0.2) is 60.1 Å². The van der Waals surface area contributed by atoms with Gasteiger partial charge in [-0.1, -0.05) is 18.2 Å². The molecule has 0 fully saturated rings. The Bertz CT molecular complexity index is 1170. The highest BCUT2D eigenvalue weighted by Crippen LogP contribution is 2.26. The summed E-state index contributed by atoms with van der Waals surface area (Å²) in [6.07, 6.45) is 4.80. The van der Waals surface area contributed by atoms with Crippen molar-refractivity contribution in [1.29, 1.82) is 0 Å². The quantitative estimate of drug-likeness (QED) is 0.411. The predicted molar refractivity (Wildman–Crippen MR) is 107 cm³/mol. The van der Waals surface area contributed by atoms with Crippen LogP contribution >= 0.6 is 0 Å². The lowest BCUT2D eigenvalue weighted by molar-refractivity contribution is 0.373. The molecule has 0 aliphatic heterocycles. The van der Waals surface area contributed by atoms with E-state index in [9.17, 15) is 5.11 Å². The summed E-state index contributed by atoms with van der Waals surface area (Å²) in [5.74, 6) is 1.01. The van der Waals surface area contributed by atoms with Crippen LogP contribution in [0.3, 0.4) is 0 Å². The lowest BCUT2D eigenvalue weighted by atomic mass is 10.2. The second-order valence-electron chi connectivity index (χ2n) is 6.10. The van der Waals surface area contributed by atoms with Gasteiger partial charge in [0.05, 0.1) is 30.6 Å². The molecule has 0 saturated heterocycles. The molecule has 0 saturated carbocycles. The van der Waals surface area contributed by atoms with Gasteiger partial charge in [-0.25, -0.2) is 14.6 Å². The number of hydrogen-bond donors (Lipinski definition) is 2. The minimum atomic E-state index is 0.0775. The van der Waals surface area contributed by atoms with Gasteiger partial charge in [0.1, 0.15) is 6.33 Å². The Balaban J connectivity index is 1.63. The molecule has 0 aliphatic rings. The maximum absolute atomic E-state index is 9.66. The van der Waals surface area contributed by atoms with E-state index in [0.29, 0.717) is 17.2 Å². The molecule has 28 heavy (non-hydrogen) atoms. The van der Waals surface area contributed by atoms with E-state index in [4.69, 9.17) is 4.74 Å². The van der Waals surface area contributed by atoms with Gasteiger partial charge in [0, 0.05) is 0 Å². The average molecular weight is 374 g/mol. The van der Waals surface area contributed by atoms with Crippen molar-refractivity contribution < 1.29 is 9.84 Å². The fourth-order valence-corrected chi connectivity index (χ4v) is 2.85. The number of aryl methyl sites for hydroxylation is 1. The maximum atomic E-state index is 9.66. The zero-order valence-electron chi connectivity index (χ0n) is 15.4. The normalized spacial score (nSPS) is 11.2. The van der Waals surface area contributed by atoms with E-state index in [0.717, 1.165) is 22.2 Å². The number of phenols is 1. The number of hydrogen-bond acceptors (Lipinski definition) is 7. The van der Waals surface area contributed by atoms with Crippen LogP contribution in [-0.4, -0.2) is 38.2 Å². The Kier molecular flexibility index (Phi) is 4.59. The van der Waals surface area contributed by atoms with Gasteiger partial charge in [-0.2, -0.15) is 10.2 Å². The number of anilines is 1. The van der Waals surface area contributed by atoms with Crippen LogP contribution in [0.4, 0.5) is 5.82 Å². The summed E-state index contributed by atoms with van der Waals surface area (Å²) in [7, 11) is 1.50. The number of phenolic OH excluding ortho intramolecular Hbond substituents is 1. The van der Waals surface area contributed by atoms with Crippen molar-refractivity contribution in [2.75, 3.05) is 12.5 Å². The molecule has 2 N–H and O–H groups in total. The van der Waals surface area contributed by atoms with Gasteiger partial charge in [0.15, 0.2) is 23.0 Å². The van der Waals surface area contributed by atoms with Gasteiger partial charge in [-0.3, -0.25) is 5.43 Å². The third-order valence-electron chi connectivity index (χ3n) is 4.30. The molecule has 0 bridgehead atoms. The monoisotopic (exact) mass is 374 g/mol. The SMILES string of the molecule is COc1cc(C=NNc2ncnc3c2cnn3-c2ccccc2C)ccc1O. The molecule has 0 atom stereocenters. The molecule has 0 radical (unpaired) electrons. The summed E-state index contributed by atoms with van der Waals surface area (Å²) in [4.78, 5) is 8.63. The van der Waals surface area contributed by atoms with Crippen molar-refractivity contribution in [3.05, 3.63) is 66.1 Å². The number of nitrogens with one attached hydrogen (secondary N) is 1. The van der Waals surface area contributed by atoms with Gasteiger partial charge in [-0.15, -0.1) is 0 Å². The summed E-state index contributed by atoms with van der Waals surface area (Å²) in [5.41, 5.74) is 6.44. The van der Waals surface area contributed by atoms with Crippen molar-refractivity contribution in [2.24, 2.45) is 5.10 Å². The molecule has 2 heterocycles. The van der Waals surface area contributed by atoms with Crippen LogP contribution < -0.4 is 10.2 Å². The molecule has 2 aromatic carbocycles. The van der Waals surface area contributed by atoms with Crippen molar-refractivity contribution >= 4 is 23.1 Å². The van der Waals surface area contributed by atoms with Crippen LogP contribution in [0.25, 0.3) is 16.7 Å².